The normalized spacial score (nSPS) is 10.3. The highest BCUT2D eigenvalue weighted by atomic mass is 79.9. The van der Waals surface area contributed by atoms with Crippen molar-refractivity contribution in [2.24, 2.45) is 0 Å². The first-order valence-corrected chi connectivity index (χ1v) is 8.68. The van der Waals surface area contributed by atoms with Crippen molar-refractivity contribution < 1.29 is 19.4 Å². The Labute approximate surface area is 159 Å². The molecule has 0 aliphatic heterocycles. The minimum Gasteiger partial charge on any atom is -0.507 e. The molecule has 0 heterocycles. The third-order valence-electron chi connectivity index (χ3n) is 3.83. The molecule has 0 aliphatic carbocycles. The summed E-state index contributed by atoms with van der Waals surface area (Å²) in [5, 5.41) is 9.72. The van der Waals surface area contributed by atoms with E-state index in [4.69, 9.17) is 4.74 Å². The summed E-state index contributed by atoms with van der Waals surface area (Å²) in [5.74, 6) is -1.26. The van der Waals surface area contributed by atoms with Crippen molar-refractivity contribution in [1.82, 2.24) is 0 Å². The number of hydrogen-bond donors (Lipinski definition) is 1. The van der Waals surface area contributed by atoms with Gasteiger partial charge in [0.1, 0.15) is 11.3 Å². The van der Waals surface area contributed by atoms with Gasteiger partial charge in [-0.2, -0.15) is 0 Å². The predicted octanol–water partition coefficient (Wildman–Crippen LogP) is 4.86. The van der Waals surface area contributed by atoms with E-state index in [1.54, 1.807) is 18.2 Å². The van der Waals surface area contributed by atoms with E-state index in [2.05, 4.69) is 15.9 Å². The number of aromatic hydroxyl groups is 1. The van der Waals surface area contributed by atoms with E-state index in [1.165, 1.54) is 12.1 Å². The van der Waals surface area contributed by atoms with Gasteiger partial charge in [0.15, 0.2) is 12.4 Å². The van der Waals surface area contributed by atoms with Crippen molar-refractivity contribution in [3.63, 3.8) is 0 Å². The van der Waals surface area contributed by atoms with Gasteiger partial charge in [-0.25, -0.2) is 4.79 Å². The Hall–Kier alpha value is -2.92. The van der Waals surface area contributed by atoms with Crippen molar-refractivity contribution in [3.8, 4) is 16.9 Å². The zero-order chi connectivity index (χ0) is 18.5. The molecule has 5 heteroatoms. The fourth-order valence-corrected chi connectivity index (χ4v) is 2.80. The Kier molecular flexibility index (Phi) is 5.49. The monoisotopic (exact) mass is 410 g/mol. The molecule has 0 aliphatic rings. The summed E-state index contributed by atoms with van der Waals surface area (Å²) in [7, 11) is 0. The van der Waals surface area contributed by atoms with Crippen LogP contribution in [0.4, 0.5) is 0 Å². The number of carbonyl (C=O) groups is 2. The zero-order valence-electron chi connectivity index (χ0n) is 13.7. The number of phenolic OH excluding ortho intramolecular Hbond substituents is 1. The second kappa shape index (κ2) is 7.97. The van der Waals surface area contributed by atoms with Gasteiger partial charge >= 0.3 is 5.97 Å². The summed E-state index contributed by atoms with van der Waals surface area (Å²) in [6.07, 6.45) is 0. The Balaban J connectivity index is 1.65. The standard InChI is InChI=1S/C21H15BrO4/c22-17-10-11-19(23)18(12-17)21(25)26-13-20(24)16-8-6-15(7-9-16)14-4-2-1-3-5-14/h1-12,23H,13H2. The molecule has 3 aromatic carbocycles. The van der Waals surface area contributed by atoms with Gasteiger partial charge in [0.2, 0.25) is 0 Å². The van der Waals surface area contributed by atoms with Gasteiger partial charge in [-0.15, -0.1) is 0 Å². The lowest BCUT2D eigenvalue weighted by molar-refractivity contribution is 0.0471. The fraction of sp³-hybridized carbons (Fsp3) is 0.0476. The Bertz CT molecular complexity index is 934. The second-order valence-corrected chi connectivity index (χ2v) is 6.52. The molecule has 0 unspecified atom stereocenters. The molecule has 0 saturated heterocycles. The van der Waals surface area contributed by atoms with E-state index in [0.29, 0.717) is 10.0 Å². The SMILES string of the molecule is O=C(COC(=O)c1cc(Br)ccc1O)c1ccc(-c2ccccc2)cc1. The molecule has 0 spiro atoms. The van der Waals surface area contributed by atoms with Gasteiger partial charge < -0.3 is 9.84 Å². The predicted molar refractivity (Wildman–Crippen MR) is 102 cm³/mol. The first kappa shape index (κ1) is 17.9. The van der Waals surface area contributed by atoms with E-state index < -0.39 is 12.6 Å². The van der Waals surface area contributed by atoms with Crippen LogP contribution in [0.15, 0.2) is 77.3 Å². The molecule has 0 bridgehead atoms. The molecule has 3 rings (SSSR count). The number of carbonyl (C=O) groups excluding carboxylic acids is 2. The van der Waals surface area contributed by atoms with Crippen molar-refractivity contribution in [2.75, 3.05) is 6.61 Å². The van der Waals surface area contributed by atoms with E-state index in [0.717, 1.165) is 11.1 Å². The van der Waals surface area contributed by atoms with Gasteiger partial charge in [-0.3, -0.25) is 4.79 Å². The number of benzene rings is 3. The van der Waals surface area contributed by atoms with E-state index in [-0.39, 0.29) is 17.1 Å². The highest BCUT2D eigenvalue weighted by molar-refractivity contribution is 9.10. The van der Waals surface area contributed by atoms with Crippen LogP contribution >= 0.6 is 15.9 Å². The molecule has 4 nitrogen and oxygen atoms in total. The average Bonchev–Trinajstić information content (AvgIpc) is 2.68. The van der Waals surface area contributed by atoms with Gasteiger partial charge in [-0.1, -0.05) is 70.5 Å². The van der Waals surface area contributed by atoms with Gasteiger partial charge in [-0.05, 0) is 29.3 Å². The molecule has 0 atom stereocenters. The van der Waals surface area contributed by atoms with Crippen LogP contribution in [0.25, 0.3) is 11.1 Å². The molecular formula is C21H15BrO4. The number of phenols is 1. The molecule has 0 amide bonds. The van der Waals surface area contributed by atoms with Crippen LogP contribution in [0.1, 0.15) is 20.7 Å². The number of halogens is 1. The van der Waals surface area contributed by atoms with Crippen molar-refractivity contribution in [1.29, 1.82) is 0 Å². The smallest absolute Gasteiger partial charge is 0.342 e. The van der Waals surface area contributed by atoms with E-state index in [1.807, 2.05) is 42.5 Å². The molecule has 0 radical (unpaired) electrons. The van der Waals surface area contributed by atoms with Crippen LogP contribution in [0, 0.1) is 0 Å². The van der Waals surface area contributed by atoms with Gasteiger partial charge in [0.25, 0.3) is 0 Å². The number of hydrogen-bond acceptors (Lipinski definition) is 4. The lowest BCUT2D eigenvalue weighted by Crippen LogP contribution is -2.14. The number of esters is 1. The second-order valence-electron chi connectivity index (χ2n) is 5.60. The third-order valence-corrected chi connectivity index (χ3v) is 4.32. The topological polar surface area (TPSA) is 63.6 Å². The van der Waals surface area contributed by atoms with Crippen molar-refractivity contribution >= 4 is 27.7 Å². The highest BCUT2D eigenvalue weighted by Gasteiger charge is 2.15. The van der Waals surface area contributed by atoms with Crippen molar-refractivity contribution in [2.45, 2.75) is 0 Å². The summed E-state index contributed by atoms with van der Waals surface area (Å²) >= 11 is 3.22. The molecule has 0 fully saturated rings. The lowest BCUT2D eigenvalue weighted by Gasteiger charge is -2.07. The van der Waals surface area contributed by atoms with Crippen LogP contribution < -0.4 is 0 Å². The number of ether oxygens (including phenoxy) is 1. The van der Waals surface area contributed by atoms with Crippen LogP contribution in [-0.2, 0) is 4.74 Å². The molecule has 0 saturated carbocycles. The molecule has 3 aromatic rings. The summed E-state index contributed by atoms with van der Waals surface area (Å²) in [6, 6.07) is 21.4. The Morgan fingerprint density at radius 1 is 0.885 bits per heavy atom. The lowest BCUT2D eigenvalue weighted by atomic mass is 10.0. The van der Waals surface area contributed by atoms with Crippen LogP contribution in [0.2, 0.25) is 0 Å². The maximum absolute atomic E-state index is 12.2. The van der Waals surface area contributed by atoms with E-state index in [9.17, 15) is 14.7 Å². The average molecular weight is 411 g/mol. The number of ketones is 1. The fourth-order valence-electron chi connectivity index (χ4n) is 2.44. The molecular weight excluding hydrogens is 396 g/mol. The minimum absolute atomic E-state index is 0.00611. The highest BCUT2D eigenvalue weighted by Crippen LogP contribution is 2.23. The first-order chi connectivity index (χ1) is 12.5. The van der Waals surface area contributed by atoms with E-state index >= 15 is 0 Å². The van der Waals surface area contributed by atoms with Crippen molar-refractivity contribution in [3.05, 3.63) is 88.4 Å². The maximum Gasteiger partial charge on any atom is 0.342 e. The summed E-state index contributed by atoms with van der Waals surface area (Å²) in [4.78, 5) is 24.3. The quantitative estimate of drug-likeness (QED) is 0.481. The maximum atomic E-state index is 12.2. The zero-order valence-corrected chi connectivity index (χ0v) is 15.3. The summed E-state index contributed by atoms with van der Waals surface area (Å²) < 4.78 is 5.66. The van der Waals surface area contributed by atoms with Crippen LogP contribution in [-0.4, -0.2) is 23.5 Å². The van der Waals surface area contributed by atoms with Crippen LogP contribution in [0.3, 0.4) is 0 Å². The minimum atomic E-state index is -0.752. The first-order valence-electron chi connectivity index (χ1n) is 7.89. The Morgan fingerprint density at radius 2 is 1.54 bits per heavy atom. The van der Waals surface area contributed by atoms with Gasteiger partial charge in [0, 0.05) is 10.0 Å². The molecule has 1 N–H and O–H groups in total. The largest absolute Gasteiger partial charge is 0.507 e. The molecule has 130 valence electrons. The van der Waals surface area contributed by atoms with Crippen LogP contribution in [0.5, 0.6) is 5.75 Å². The third kappa shape index (κ3) is 4.18. The van der Waals surface area contributed by atoms with Gasteiger partial charge in [0.05, 0.1) is 0 Å². The summed E-state index contributed by atoms with van der Waals surface area (Å²) in [6.45, 7) is -0.393. The number of Topliss-reactive ketones (excluding diaryl/α,β-unsaturated/α-hetero) is 1. The molecule has 26 heavy (non-hydrogen) atoms. The number of rotatable bonds is 5. The summed E-state index contributed by atoms with van der Waals surface area (Å²) in [5.41, 5.74) is 2.52. The molecule has 0 aromatic heterocycles. The Morgan fingerprint density at radius 3 is 2.23 bits per heavy atom.